The lowest BCUT2D eigenvalue weighted by molar-refractivity contribution is -0.138. The molecule has 0 radical (unpaired) electrons. The smallest absolute Gasteiger partial charge is 0.321 e. The van der Waals surface area contributed by atoms with E-state index in [-0.39, 0.29) is 16.6 Å². The van der Waals surface area contributed by atoms with Crippen LogP contribution < -0.4 is 11.1 Å². The van der Waals surface area contributed by atoms with Crippen molar-refractivity contribution in [1.29, 1.82) is 0 Å². The number of amides is 2. The lowest BCUT2D eigenvalue weighted by Crippen LogP contribution is -2.31. The molecule has 0 bridgehead atoms. The molecule has 0 spiro atoms. The molecule has 4 N–H and O–H groups in total. The number of hydrogen-bond donors (Lipinski definition) is 5. The van der Waals surface area contributed by atoms with Crippen molar-refractivity contribution >= 4 is 43.0 Å². The van der Waals surface area contributed by atoms with Gasteiger partial charge in [-0.25, -0.2) is 0 Å². The second kappa shape index (κ2) is 6.49. The third-order valence-corrected chi connectivity index (χ3v) is 1.98. The monoisotopic (exact) mass is 250 g/mol. The number of carboxylic acid groups (broad SMARTS) is 1. The Morgan fingerprint density at radius 1 is 1.60 bits per heavy atom. The van der Waals surface area contributed by atoms with Crippen LogP contribution in [-0.4, -0.2) is 34.7 Å². The summed E-state index contributed by atoms with van der Waals surface area (Å²) in [5.41, 5.74) is 4.94. The lowest BCUT2D eigenvalue weighted by atomic mass is 10.4. The Labute approximate surface area is 96.7 Å². The van der Waals surface area contributed by atoms with Crippen molar-refractivity contribution in [3.63, 3.8) is 0 Å². The van der Waals surface area contributed by atoms with Gasteiger partial charge in [0.25, 0.3) is 11.8 Å². The Morgan fingerprint density at radius 2 is 2.13 bits per heavy atom. The van der Waals surface area contributed by atoms with Crippen LogP contribution in [0.3, 0.4) is 0 Å². The average molecular weight is 250 g/mol. The van der Waals surface area contributed by atoms with E-state index in [0.717, 1.165) is 6.08 Å². The molecule has 0 aromatic heterocycles. The van der Waals surface area contributed by atoms with Crippen molar-refractivity contribution in [3.8, 4) is 0 Å². The highest BCUT2D eigenvalue weighted by Gasteiger charge is 2.16. The Bertz CT molecular complexity index is 316. The molecular weight excluding hydrogens is 240 g/mol. The first-order chi connectivity index (χ1) is 6.88. The molecule has 1 aliphatic rings. The van der Waals surface area contributed by atoms with Gasteiger partial charge in [0, 0.05) is 11.8 Å². The van der Waals surface area contributed by atoms with Gasteiger partial charge in [-0.05, 0) is 0 Å². The quantitative estimate of drug-likeness (QED) is 0.312. The molecule has 84 valence electrons. The summed E-state index contributed by atoms with van der Waals surface area (Å²) in [6.07, 6.45) is 1.14. The summed E-state index contributed by atoms with van der Waals surface area (Å²) in [6.45, 7) is 0. The molecule has 0 saturated carbocycles. The largest absolute Gasteiger partial charge is 0.480 e. The third-order valence-electron chi connectivity index (χ3n) is 1.25. The van der Waals surface area contributed by atoms with Crippen LogP contribution in [0, 0.1) is 0 Å². The first-order valence-corrected chi connectivity index (χ1v) is 4.81. The van der Waals surface area contributed by atoms with E-state index in [9.17, 15) is 14.4 Å². The fourth-order valence-electron chi connectivity index (χ4n) is 0.480. The molecule has 1 atom stereocenters. The summed E-state index contributed by atoms with van der Waals surface area (Å²) < 4.78 is 0. The Kier molecular flexibility index (Phi) is 6.06. The number of carbonyl (C=O) groups is 3. The predicted octanol–water partition coefficient (Wildman–Crippen LogP) is -1.22. The first kappa shape index (κ1) is 14.0. The van der Waals surface area contributed by atoms with Crippen molar-refractivity contribution in [2.24, 2.45) is 5.73 Å². The number of imide groups is 1. The summed E-state index contributed by atoms with van der Waals surface area (Å²) in [4.78, 5) is 30.4. The molecule has 0 unspecified atom stereocenters. The van der Waals surface area contributed by atoms with Crippen LogP contribution >= 0.6 is 25.3 Å². The van der Waals surface area contributed by atoms with Gasteiger partial charge in [-0.3, -0.25) is 19.7 Å². The van der Waals surface area contributed by atoms with E-state index < -0.39 is 17.9 Å². The van der Waals surface area contributed by atoms with Crippen molar-refractivity contribution < 1.29 is 19.5 Å². The van der Waals surface area contributed by atoms with Crippen molar-refractivity contribution in [3.05, 3.63) is 11.0 Å². The summed E-state index contributed by atoms with van der Waals surface area (Å²) in [5, 5.41) is 10.0. The van der Waals surface area contributed by atoms with Gasteiger partial charge in [0.1, 0.15) is 6.04 Å². The molecule has 0 saturated heterocycles. The van der Waals surface area contributed by atoms with E-state index in [1.165, 1.54) is 0 Å². The minimum absolute atomic E-state index is 0.176. The predicted molar refractivity (Wildman–Crippen MR) is 59.7 cm³/mol. The third kappa shape index (κ3) is 5.45. The van der Waals surface area contributed by atoms with Gasteiger partial charge in [-0.2, -0.15) is 12.6 Å². The molecule has 0 fully saturated rings. The Balaban J connectivity index is 0.000000265. The molecule has 0 aliphatic carbocycles. The Morgan fingerprint density at radius 3 is 2.20 bits per heavy atom. The number of nitrogens with one attached hydrogen (secondary N) is 1. The van der Waals surface area contributed by atoms with Gasteiger partial charge in [0.15, 0.2) is 0 Å². The number of thiol groups is 2. The SMILES string of the molecule is N[C@@H](CS)C(=O)O.O=C1C=C(S)C(=O)N1. The topological polar surface area (TPSA) is 109 Å². The summed E-state index contributed by atoms with van der Waals surface area (Å²) in [5.74, 6) is -1.62. The molecule has 0 aromatic rings. The molecule has 0 aromatic carbocycles. The normalized spacial score (nSPS) is 16.1. The van der Waals surface area contributed by atoms with E-state index in [2.05, 4.69) is 25.3 Å². The maximum absolute atomic E-state index is 10.3. The van der Waals surface area contributed by atoms with Gasteiger partial charge in [0.2, 0.25) is 0 Å². The highest BCUT2D eigenvalue weighted by Crippen LogP contribution is 2.04. The average Bonchev–Trinajstić information content (AvgIpc) is 2.43. The van der Waals surface area contributed by atoms with Crippen LogP contribution in [0.1, 0.15) is 0 Å². The molecule has 15 heavy (non-hydrogen) atoms. The standard InChI is InChI=1S/C4H3NO2S.C3H7NO2S/c6-3-1-2(8)4(7)5-3;4-2(1-7)3(5)6/h1H,(H2,5,6,7,8);2,7H,1,4H2,(H,5,6)/t;2-/m.0/s1. The van der Waals surface area contributed by atoms with Crippen LogP contribution in [0.2, 0.25) is 0 Å². The molecule has 1 heterocycles. The van der Waals surface area contributed by atoms with Crippen LogP contribution in [0.5, 0.6) is 0 Å². The van der Waals surface area contributed by atoms with E-state index in [4.69, 9.17) is 10.8 Å². The minimum atomic E-state index is -1.00. The van der Waals surface area contributed by atoms with Crippen molar-refractivity contribution in [2.45, 2.75) is 6.04 Å². The minimum Gasteiger partial charge on any atom is -0.480 e. The van der Waals surface area contributed by atoms with Crippen molar-refractivity contribution in [2.75, 3.05) is 5.75 Å². The Hall–Kier alpha value is -0.990. The van der Waals surface area contributed by atoms with Crippen LogP contribution in [0.25, 0.3) is 0 Å². The van der Waals surface area contributed by atoms with Gasteiger partial charge < -0.3 is 10.8 Å². The highest BCUT2D eigenvalue weighted by atomic mass is 32.1. The number of carbonyl (C=O) groups excluding carboxylic acids is 2. The summed E-state index contributed by atoms with van der Waals surface area (Å²) in [7, 11) is 0. The van der Waals surface area contributed by atoms with E-state index in [1.807, 2.05) is 5.32 Å². The molecular formula is C7H10N2O4S2. The maximum atomic E-state index is 10.3. The first-order valence-electron chi connectivity index (χ1n) is 3.73. The molecule has 1 aliphatic heterocycles. The number of nitrogens with two attached hydrogens (primary N) is 1. The zero-order valence-corrected chi connectivity index (χ0v) is 9.29. The second-order valence-electron chi connectivity index (χ2n) is 2.48. The van der Waals surface area contributed by atoms with Crippen LogP contribution in [0.4, 0.5) is 0 Å². The fourth-order valence-corrected chi connectivity index (χ4v) is 0.809. The van der Waals surface area contributed by atoms with Gasteiger partial charge >= 0.3 is 5.97 Å². The zero-order chi connectivity index (χ0) is 12.0. The van der Waals surface area contributed by atoms with E-state index >= 15 is 0 Å². The van der Waals surface area contributed by atoms with E-state index in [0.29, 0.717) is 0 Å². The summed E-state index contributed by atoms with van der Waals surface area (Å²) in [6, 6.07) is -0.816. The van der Waals surface area contributed by atoms with Gasteiger partial charge in [-0.15, -0.1) is 12.6 Å². The van der Waals surface area contributed by atoms with Crippen molar-refractivity contribution in [1.82, 2.24) is 5.32 Å². The maximum Gasteiger partial charge on any atom is 0.321 e. The highest BCUT2D eigenvalue weighted by molar-refractivity contribution is 7.85. The second-order valence-corrected chi connectivity index (χ2v) is 3.32. The molecule has 1 rings (SSSR count). The molecule has 8 heteroatoms. The number of rotatable bonds is 2. The lowest BCUT2D eigenvalue weighted by Gasteiger charge is -1.96. The van der Waals surface area contributed by atoms with Crippen LogP contribution in [-0.2, 0) is 14.4 Å². The number of carboxylic acids is 1. The number of aliphatic carboxylic acids is 1. The fraction of sp³-hybridized carbons (Fsp3) is 0.286. The summed E-state index contributed by atoms with van der Waals surface area (Å²) >= 11 is 7.32. The van der Waals surface area contributed by atoms with Gasteiger partial charge in [0.05, 0.1) is 4.91 Å². The van der Waals surface area contributed by atoms with Crippen LogP contribution in [0.15, 0.2) is 11.0 Å². The molecule has 2 amide bonds. The van der Waals surface area contributed by atoms with E-state index in [1.54, 1.807) is 0 Å². The number of hydrogen-bond acceptors (Lipinski definition) is 6. The zero-order valence-electron chi connectivity index (χ0n) is 7.51. The van der Waals surface area contributed by atoms with Gasteiger partial charge in [-0.1, -0.05) is 0 Å². The molecule has 6 nitrogen and oxygen atoms in total.